The monoisotopic (exact) mass is 407 g/mol. The van der Waals surface area contributed by atoms with Gasteiger partial charge >= 0.3 is 0 Å². The van der Waals surface area contributed by atoms with Crippen molar-refractivity contribution >= 4 is 59.9 Å². The van der Waals surface area contributed by atoms with Gasteiger partial charge in [0, 0.05) is 27.7 Å². The van der Waals surface area contributed by atoms with Crippen LogP contribution in [-0.4, -0.2) is 14.0 Å². The number of rotatable bonds is 1. The molecule has 0 aliphatic rings. The van der Waals surface area contributed by atoms with Crippen molar-refractivity contribution < 1.29 is 0 Å². The zero-order valence-electron chi connectivity index (χ0n) is 17.2. The first kappa shape index (κ1) is 16.3. The molecular formula is C29H17N3. The Morgan fingerprint density at radius 3 is 2.09 bits per heavy atom. The molecule has 148 valence electrons. The number of hydrogen-bond acceptors (Lipinski definition) is 1. The maximum absolute atomic E-state index is 4.76. The zero-order chi connectivity index (χ0) is 20.8. The fourth-order valence-corrected chi connectivity index (χ4v) is 5.69. The fourth-order valence-electron chi connectivity index (χ4n) is 5.69. The van der Waals surface area contributed by atoms with Crippen LogP contribution >= 0.6 is 0 Å². The molecule has 0 saturated heterocycles. The molecule has 0 N–H and O–H groups in total. The van der Waals surface area contributed by atoms with Crippen LogP contribution in [0.15, 0.2) is 103 Å². The van der Waals surface area contributed by atoms with Crippen LogP contribution in [0.25, 0.3) is 65.7 Å². The van der Waals surface area contributed by atoms with Gasteiger partial charge < -0.3 is 4.40 Å². The highest BCUT2D eigenvalue weighted by molar-refractivity contribution is 6.33. The molecule has 0 aliphatic carbocycles. The second kappa shape index (κ2) is 5.65. The summed E-state index contributed by atoms with van der Waals surface area (Å²) in [5, 5.41) is 7.69. The van der Waals surface area contributed by atoms with Crippen LogP contribution in [0.4, 0.5) is 0 Å². The molecule has 0 radical (unpaired) electrons. The fraction of sp³-hybridized carbons (Fsp3) is 0. The second-order valence-corrected chi connectivity index (χ2v) is 8.45. The minimum atomic E-state index is 0.945. The van der Waals surface area contributed by atoms with Gasteiger partial charge in [0.15, 0.2) is 0 Å². The summed E-state index contributed by atoms with van der Waals surface area (Å²) < 4.78 is 4.80. The molecule has 0 aliphatic heterocycles. The van der Waals surface area contributed by atoms with Gasteiger partial charge in [0.25, 0.3) is 0 Å². The molecule has 0 fully saturated rings. The van der Waals surface area contributed by atoms with E-state index in [0.29, 0.717) is 0 Å². The summed E-state index contributed by atoms with van der Waals surface area (Å²) in [6, 6.07) is 34.8. The molecule has 0 amide bonds. The Morgan fingerprint density at radius 1 is 0.500 bits per heavy atom. The van der Waals surface area contributed by atoms with Crippen molar-refractivity contribution in [1.82, 2.24) is 14.0 Å². The molecule has 4 aromatic carbocycles. The van der Waals surface area contributed by atoms with Gasteiger partial charge in [0.2, 0.25) is 0 Å². The van der Waals surface area contributed by atoms with Gasteiger partial charge in [-0.25, -0.2) is 4.98 Å². The van der Waals surface area contributed by atoms with Crippen molar-refractivity contribution in [2.24, 2.45) is 0 Å². The first-order chi connectivity index (χ1) is 15.9. The Balaban J connectivity index is 1.86. The maximum atomic E-state index is 4.76. The lowest BCUT2D eigenvalue weighted by Crippen LogP contribution is -1.96. The van der Waals surface area contributed by atoms with Crippen molar-refractivity contribution in [3.8, 4) is 5.82 Å². The Morgan fingerprint density at radius 2 is 1.25 bits per heavy atom. The van der Waals surface area contributed by atoms with E-state index in [2.05, 4.69) is 100.0 Å². The first-order valence-electron chi connectivity index (χ1n) is 10.9. The summed E-state index contributed by atoms with van der Waals surface area (Å²) >= 11 is 0. The SMILES string of the molecule is c1ccc(-n2c3ccc4cccc5c6ccccc6n6c7ccccc7c2c6c3c45)nc1. The molecule has 8 rings (SSSR count). The van der Waals surface area contributed by atoms with Crippen LogP contribution in [0.2, 0.25) is 0 Å². The molecule has 0 saturated carbocycles. The minimum Gasteiger partial charge on any atom is -0.306 e. The summed E-state index contributed by atoms with van der Waals surface area (Å²) in [6.07, 6.45) is 1.87. The molecule has 0 unspecified atom stereocenters. The lowest BCUT2D eigenvalue weighted by atomic mass is 10.0. The lowest BCUT2D eigenvalue weighted by Gasteiger charge is -2.08. The summed E-state index contributed by atoms with van der Waals surface area (Å²) in [5.74, 6) is 0.945. The Bertz CT molecular complexity index is 1970. The summed E-state index contributed by atoms with van der Waals surface area (Å²) in [4.78, 5) is 4.76. The van der Waals surface area contributed by atoms with Crippen LogP contribution in [0.5, 0.6) is 0 Å². The van der Waals surface area contributed by atoms with Crippen LogP contribution in [-0.2, 0) is 0 Å². The molecule has 4 heterocycles. The predicted octanol–water partition coefficient (Wildman–Crippen LogP) is 7.33. The van der Waals surface area contributed by atoms with Crippen molar-refractivity contribution in [3.63, 3.8) is 0 Å². The van der Waals surface area contributed by atoms with E-state index in [1.54, 1.807) is 0 Å². The third kappa shape index (κ3) is 1.81. The molecule has 0 bridgehead atoms. The van der Waals surface area contributed by atoms with Gasteiger partial charge in [-0.05, 0) is 41.1 Å². The average Bonchev–Trinajstić information content (AvgIpc) is 3.32. The van der Waals surface area contributed by atoms with E-state index in [1.807, 2.05) is 12.3 Å². The lowest BCUT2D eigenvalue weighted by molar-refractivity contribution is 1.08. The largest absolute Gasteiger partial charge is 0.306 e. The van der Waals surface area contributed by atoms with Crippen molar-refractivity contribution in [1.29, 1.82) is 0 Å². The van der Waals surface area contributed by atoms with Gasteiger partial charge in [-0.2, -0.15) is 0 Å². The number of fused-ring (bicyclic) bond motifs is 6. The van der Waals surface area contributed by atoms with Gasteiger partial charge in [-0.3, -0.25) is 4.57 Å². The third-order valence-corrected chi connectivity index (χ3v) is 6.89. The summed E-state index contributed by atoms with van der Waals surface area (Å²) in [7, 11) is 0. The third-order valence-electron chi connectivity index (χ3n) is 6.89. The molecule has 3 heteroatoms. The number of hydrogen-bond donors (Lipinski definition) is 0. The van der Waals surface area contributed by atoms with E-state index in [0.717, 1.165) is 5.82 Å². The van der Waals surface area contributed by atoms with Gasteiger partial charge in [0.05, 0.1) is 27.6 Å². The first-order valence-corrected chi connectivity index (χ1v) is 10.9. The van der Waals surface area contributed by atoms with E-state index in [4.69, 9.17) is 4.98 Å². The minimum absolute atomic E-state index is 0.945. The highest BCUT2D eigenvalue weighted by atomic mass is 15.1. The average molecular weight is 407 g/mol. The predicted molar refractivity (Wildman–Crippen MR) is 133 cm³/mol. The molecule has 32 heavy (non-hydrogen) atoms. The quantitative estimate of drug-likeness (QED) is 0.279. The Kier molecular flexibility index (Phi) is 2.89. The van der Waals surface area contributed by atoms with E-state index < -0.39 is 0 Å². The topological polar surface area (TPSA) is 22.2 Å². The van der Waals surface area contributed by atoms with E-state index in [-0.39, 0.29) is 0 Å². The van der Waals surface area contributed by atoms with Gasteiger partial charge in [-0.1, -0.05) is 66.7 Å². The molecule has 8 aromatic rings. The van der Waals surface area contributed by atoms with Crippen LogP contribution in [0.3, 0.4) is 0 Å². The second-order valence-electron chi connectivity index (χ2n) is 8.45. The molecular weight excluding hydrogens is 390 g/mol. The maximum Gasteiger partial charge on any atom is 0.137 e. The standard InChI is InChI=1S/C29H17N3/c1-3-12-22-19(9-1)20-11-7-8-18-15-16-24-27(26(18)20)29-28(32(24)25-14-5-6-17-30-25)21-10-2-4-13-23(21)31(22)29/h1-17H. The Hall–Kier alpha value is -4.37. The number of pyridine rings is 1. The van der Waals surface area contributed by atoms with Crippen molar-refractivity contribution in [3.05, 3.63) is 103 Å². The summed E-state index contributed by atoms with van der Waals surface area (Å²) in [5.41, 5.74) is 6.12. The smallest absolute Gasteiger partial charge is 0.137 e. The molecule has 3 nitrogen and oxygen atoms in total. The number of benzene rings is 4. The van der Waals surface area contributed by atoms with Crippen LogP contribution < -0.4 is 0 Å². The van der Waals surface area contributed by atoms with Gasteiger partial charge in [-0.15, -0.1) is 0 Å². The molecule has 4 aromatic heterocycles. The van der Waals surface area contributed by atoms with Crippen LogP contribution in [0.1, 0.15) is 0 Å². The number of para-hydroxylation sites is 2. The molecule has 0 spiro atoms. The van der Waals surface area contributed by atoms with E-state index in [9.17, 15) is 0 Å². The van der Waals surface area contributed by atoms with Crippen LogP contribution in [0, 0.1) is 0 Å². The number of nitrogens with zero attached hydrogens (tertiary/aromatic N) is 3. The highest BCUT2D eigenvalue weighted by Crippen LogP contribution is 2.45. The normalized spacial score (nSPS) is 12.4. The number of aromatic nitrogens is 3. The van der Waals surface area contributed by atoms with Crippen molar-refractivity contribution in [2.75, 3.05) is 0 Å². The van der Waals surface area contributed by atoms with Gasteiger partial charge in [0.1, 0.15) is 5.82 Å². The highest BCUT2D eigenvalue weighted by Gasteiger charge is 2.24. The van der Waals surface area contributed by atoms with E-state index >= 15 is 0 Å². The molecule has 0 atom stereocenters. The summed E-state index contributed by atoms with van der Waals surface area (Å²) in [6.45, 7) is 0. The van der Waals surface area contributed by atoms with E-state index in [1.165, 1.54) is 59.9 Å². The Labute approximate surface area is 183 Å². The zero-order valence-corrected chi connectivity index (χ0v) is 17.2. The van der Waals surface area contributed by atoms with Crippen molar-refractivity contribution in [2.45, 2.75) is 0 Å².